The van der Waals surface area contributed by atoms with Gasteiger partial charge in [-0.2, -0.15) is 0 Å². The molecule has 0 bridgehead atoms. The molecule has 1 heterocycles. The van der Waals surface area contributed by atoms with E-state index in [2.05, 4.69) is 5.32 Å². The monoisotopic (exact) mass is 317 g/mol. The summed E-state index contributed by atoms with van der Waals surface area (Å²) in [7, 11) is -3.34. The molecule has 1 amide bonds. The number of hydrogen-bond donors (Lipinski definition) is 2. The lowest BCUT2D eigenvalue weighted by molar-refractivity contribution is -0.144. The van der Waals surface area contributed by atoms with Crippen molar-refractivity contribution >= 4 is 21.7 Å². The Morgan fingerprint density at radius 2 is 1.76 bits per heavy atom. The normalized spacial score (nSPS) is 27.1. The fourth-order valence-electron chi connectivity index (χ4n) is 3.40. The van der Waals surface area contributed by atoms with E-state index in [0.29, 0.717) is 12.8 Å². The molecule has 120 valence electrons. The molecule has 0 aromatic rings. The fraction of sp³-hybridized carbons (Fsp3) is 0.857. The van der Waals surface area contributed by atoms with Gasteiger partial charge < -0.3 is 10.4 Å². The van der Waals surface area contributed by atoms with Gasteiger partial charge in [-0.05, 0) is 31.6 Å². The van der Waals surface area contributed by atoms with Crippen LogP contribution in [0.25, 0.3) is 0 Å². The van der Waals surface area contributed by atoms with E-state index in [1.165, 1.54) is 0 Å². The number of carbonyl (C=O) groups is 2. The number of nitrogens with one attached hydrogen (secondary N) is 1. The Hall–Kier alpha value is -1.11. The summed E-state index contributed by atoms with van der Waals surface area (Å²) in [5, 5.41) is 10.9. The Morgan fingerprint density at radius 1 is 1.10 bits per heavy atom. The highest BCUT2D eigenvalue weighted by Gasteiger charge is 2.38. The highest BCUT2D eigenvalue weighted by atomic mass is 32.2. The van der Waals surface area contributed by atoms with E-state index in [1.807, 2.05) is 0 Å². The van der Waals surface area contributed by atoms with Gasteiger partial charge in [0.1, 0.15) is 5.25 Å². The third-order valence-electron chi connectivity index (χ3n) is 4.65. The summed E-state index contributed by atoms with van der Waals surface area (Å²) in [6, 6.07) is 0. The van der Waals surface area contributed by atoms with Crippen molar-refractivity contribution in [2.45, 2.75) is 50.2 Å². The summed E-state index contributed by atoms with van der Waals surface area (Å²) in [6.45, 7) is 0.0326. The number of hydrogen-bond acceptors (Lipinski definition) is 4. The predicted molar refractivity (Wildman–Crippen MR) is 77.5 cm³/mol. The molecule has 21 heavy (non-hydrogen) atoms. The first kappa shape index (κ1) is 16.3. The first-order valence-electron chi connectivity index (χ1n) is 7.64. The van der Waals surface area contributed by atoms with Crippen LogP contribution < -0.4 is 5.32 Å². The van der Waals surface area contributed by atoms with Gasteiger partial charge in [-0.3, -0.25) is 9.59 Å². The van der Waals surface area contributed by atoms with Gasteiger partial charge in [0.2, 0.25) is 5.91 Å². The van der Waals surface area contributed by atoms with Crippen LogP contribution in [-0.2, 0) is 19.4 Å². The summed E-state index contributed by atoms with van der Waals surface area (Å²) in [6.07, 6.45) is 5.78. The molecule has 2 N–H and O–H groups in total. The van der Waals surface area contributed by atoms with Crippen molar-refractivity contribution in [2.75, 3.05) is 12.3 Å². The average Bonchev–Trinajstić information content (AvgIpc) is 2.79. The van der Waals surface area contributed by atoms with Crippen LogP contribution in [0.4, 0.5) is 0 Å². The van der Waals surface area contributed by atoms with Gasteiger partial charge in [-0.25, -0.2) is 8.42 Å². The van der Waals surface area contributed by atoms with Gasteiger partial charge in [0.05, 0.1) is 11.7 Å². The van der Waals surface area contributed by atoms with Crippen molar-refractivity contribution in [2.24, 2.45) is 11.8 Å². The lowest BCUT2D eigenvalue weighted by Crippen LogP contribution is -2.43. The molecule has 0 spiro atoms. The van der Waals surface area contributed by atoms with Gasteiger partial charge >= 0.3 is 5.97 Å². The van der Waals surface area contributed by atoms with E-state index < -0.39 is 32.9 Å². The SMILES string of the molecule is O=C(O)C(CNC(=O)C1CCCS1(=O)=O)C1CCCCC1. The van der Waals surface area contributed by atoms with Crippen LogP contribution in [-0.4, -0.2) is 42.9 Å². The number of carboxylic acids is 1. The van der Waals surface area contributed by atoms with Crippen LogP contribution in [0.5, 0.6) is 0 Å². The Balaban J connectivity index is 1.92. The van der Waals surface area contributed by atoms with Gasteiger partial charge in [0.15, 0.2) is 9.84 Å². The average molecular weight is 317 g/mol. The second-order valence-electron chi connectivity index (χ2n) is 6.09. The summed E-state index contributed by atoms with van der Waals surface area (Å²) in [4.78, 5) is 23.4. The second kappa shape index (κ2) is 6.77. The van der Waals surface area contributed by atoms with Crippen molar-refractivity contribution in [3.63, 3.8) is 0 Å². The molecular formula is C14H23NO5S. The third-order valence-corrected chi connectivity index (χ3v) is 6.83. The number of carboxylic acid groups (broad SMARTS) is 1. The van der Waals surface area contributed by atoms with Crippen LogP contribution in [0.3, 0.4) is 0 Å². The van der Waals surface area contributed by atoms with E-state index in [4.69, 9.17) is 0 Å². The molecule has 1 saturated carbocycles. The Morgan fingerprint density at radius 3 is 2.29 bits per heavy atom. The van der Waals surface area contributed by atoms with Gasteiger partial charge in [-0.15, -0.1) is 0 Å². The van der Waals surface area contributed by atoms with Crippen molar-refractivity contribution in [3.05, 3.63) is 0 Å². The van der Waals surface area contributed by atoms with E-state index in [9.17, 15) is 23.1 Å². The maximum Gasteiger partial charge on any atom is 0.308 e. The highest BCUT2D eigenvalue weighted by Crippen LogP contribution is 2.30. The fourth-order valence-corrected chi connectivity index (χ4v) is 5.19. The summed E-state index contributed by atoms with van der Waals surface area (Å²) < 4.78 is 23.4. The minimum atomic E-state index is -3.34. The topological polar surface area (TPSA) is 101 Å². The molecule has 6 nitrogen and oxygen atoms in total. The molecule has 7 heteroatoms. The number of aliphatic carboxylic acids is 1. The third kappa shape index (κ3) is 3.96. The second-order valence-corrected chi connectivity index (χ2v) is 8.39. The van der Waals surface area contributed by atoms with Crippen molar-refractivity contribution < 1.29 is 23.1 Å². The zero-order valence-corrected chi connectivity index (χ0v) is 12.9. The molecule has 2 unspecified atom stereocenters. The maximum atomic E-state index is 12.0. The Bertz CT molecular complexity index is 495. The van der Waals surface area contributed by atoms with Gasteiger partial charge in [0, 0.05) is 6.54 Å². The van der Waals surface area contributed by atoms with Crippen molar-refractivity contribution in [1.29, 1.82) is 0 Å². The zero-order chi connectivity index (χ0) is 15.5. The number of carbonyl (C=O) groups excluding carboxylic acids is 1. The van der Waals surface area contributed by atoms with Crippen molar-refractivity contribution in [3.8, 4) is 0 Å². The van der Waals surface area contributed by atoms with E-state index in [0.717, 1.165) is 32.1 Å². The van der Waals surface area contributed by atoms with Gasteiger partial charge in [0.25, 0.3) is 0 Å². The van der Waals surface area contributed by atoms with Crippen LogP contribution in [0.2, 0.25) is 0 Å². The van der Waals surface area contributed by atoms with Crippen LogP contribution in [0, 0.1) is 11.8 Å². The first-order valence-corrected chi connectivity index (χ1v) is 9.35. The quantitative estimate of drug-likeness (QED) is 0.786. The predicted octanol–water partition coefficient (Wildman–Crippen LogP) is 0.961. The molecule has 0 aromatic carbocycles. The summed E-state index contributed by atoms with van der Waals surface area (Å²) in [5.41, 5.74) is 0. The molecule has 2 aliphatic rings. The molecule has 0 radical (unpaired) electrons. The lowest BCUT2D eigenvalue weighted by atomic mass is 9.80. The molecule has 1 aliphatic heterocycles. The van der Waals surface area contributed by atoms with E-state index >= 15 is 0 Å². The largest absolute Gasteiger partial charge is 0.481 e. The zero-order valence-electron chi connectivity index (χ0n) is 12.1. The van der Waals surface area contributed by atoms with Gasteiger partial charge in [-0.1, -0.05) is 19.3 Å². The Labute approximate surface area is 125 Å². The minimum absolute atomic E-state index is 0.0326. The standard InChI is InChI=1S/C14H23NO5S/c16-13(12-7-4-8-21(12,19)20)15-9-11(14(17)18)10-5-2-1-3-6-10/h10-12H,1-9H2,(H,15,16)(H,17,18). The highest BCUT2D eigenvalue weighted by molar-refractivity contribution is 7.93. The van der Waals surface area contributed by atoms with E-state index in [-0.39, 0.29) is 18.2 Å². The molecular weight excluding hydrogens is 294 g/mol. The van der Waals surface area contributed by atoms with Crippen molar-refractivity contribution in [1.82, 2.24) is 5.32 Å². The maximum absolute atomic E-state index is 12.0. The molecule has 0 aromatic heterocycles. The molecule has 2 fully saturated rings. The molecule has 1 aliphatic carbocycles. The lowest BCUT2D eigenvalue weighted by Gasteiger charge is -2.27. The van der Waals surface area contributed by atoms with Crippen LogP contribution in [0.1, 0.15) is 44.9 Å². The van der Waals surface area contributed by atoms with E-state index in [1.54, 1.807) is 0 Å². The van der Waals surface area contributed by atoms with Crippen LogP contribution in [0.15, 0.2) is 0 Å². The number of sulfone groups is 1. The molecule has 2 rings (SSSR count). The molecule has 2 atom stereocenters. The Kier molecular flexibility index (Phi) is 5.24. The number of amides is 1. The smallest absolute Gasteiger partial charge is 0.308 e. The minimum Gasteiger partial charge on any atom is -0.481 e. The summed E-state index contributed by atoms with van der Waals surface area (Å²) >= 11 is 0. The number of rotatable bonds is 5. The molecule has 1 saturated heterocycles. The van der Waals surface area contributed by atoms with Crippen LogP contribution >= 0.6 is 0 Å². The summed E-state index contributed by atoms with van der Waals surface area (Å²) in [5.74, 6) is -1.92. The first-order chi connectivity index (χ1) is 9.92.